The summed E-state index contributed by atoms with van der Waals surface area (Å²) in [6.45, 7) is 7.95. The quantitative estimate of drug-likeness (QED) is 0.870. The number of carbonyl (C=O) groups is 1. The second-order valence-corrected chi connectivity index (χ2v) is 4.68. The summed E-state index contributed by atoms with van der Waals surface area (Å²) in [6.07, 6.45) is 0. The predicted octanol–water partition coefficient (Wildman–Crippen LogP) is 1.46. The third-order valence-electron chi connectivity index (χ3n) is 2.86. The smallest absolute Gasteiger partial charge is 0.291 e. The normalized spacial score (nSPS) is 11.0. The van der Waals surface area contributed by atoms with Crippen LogP contribution in [0.1, 0.15) is 53.2 Å². The Morgan fingerprint density at radius 2 is 2.16 bits per heavy atom. The van der Waals surface area contributed by atoms with Gasteiger partial charge < -0.3 is 9.84 Å². The van der Waals surface area contributed by atoms with E-state index in [0.29, 0.717) is 18.1 Å². The first-order valence-corrected chi connectivity index (χ1v) is 6.11. The number of rotatable bonds is 4. The van der Waals surface area contributed by atoms with Crippen molar-refractivity contribution < 1.29 is 9.32 Å². The zero-order valence-electron chi connectivity index (χ0n) is 11.4. The van der Waals surface area contributed by atoms with Gasteiger partial charge in [-0.25, -0.2) is 4.98 Å². The van der Waals surface area contributed by atoms with Crippen molar-refractivity contribution in [2.24, 2.45) is 0 Å². The van der Waals surface area contributed by atoms with Crippen molar-refractivity contribution in [3.8, 4) is 0 Å². The molecule has 1 amide bonds. The highest BCUT2D eigenvalue weighted by atomic mass is 16.5. The van der Waals surface area contributed by atoms with Crippen molar-refractivity contribution in [2.75, 3.05) is 0 Å². The minimum absolute atomic E-state index is 0.149. The first kappa shape index (κ1) is 13.3. The summed E-state index contributed by atoms with van der Waals surface area (Å²) < 4.78 is 5.03. The van der Waals surface area contributed by atoms with Gasteiger partial charge in [0.05, 0.1) is 5.69 Å². The lowest BCUT2D eigenvalue weighted by Crippen LogP contribution is -2.24. The molecule has 102 valence electrons. The van der Waals surface area contributed by atoms with Crippen LogP contribution in [0, 0.1) is 13.8 Å². The van der Waals surface area contributed by atoms with Gasteiger partial charge >= 0.3 is 0 Å². The Morgan fingerprint density at radius 1 is 1.42 bits per heavy atom. The van der Waals surface area contributed by atoms with E-state index in [0.717, 1.165) is 11.3 Å². The molecule has 0 bridgehead atoms. The number of aryl methyl sites for hydroxylation is 2. The van der Waals surface area contributed by atoms with E-state index in [-0.39, 0.29) is 17.6 Å². The van der Waals surface area contributed by atoms with Crippen molar-refractivity contribution in [3.05, 3.63) is 28.7 Å². The molecule has 0 aliphatic heterocycles. The minimum Gasteiger partial charge on any atom is -0.361 e. The molecule has 19 heavy (non-hydrogen) atoms. The van der Waals surface area contributed by atoms with Gasteiger partial charge in [0.1, 0.15) is 11.6 Å². The Labute approximate surface area is 110 Å². The van der Waals surface area contributed by atoms with Gasteiger partial charge in [-0.15, -0.1) is 5.10 Å². The molecule has 2 N–H and O–H groups in total. The number of hydrogen-bond acceptors (Lipinski definition) is 5. The van der Waals surface area contributed by atoms with Crippen molar-refractivity contribution in [1.29, 1.82) is 0 Å². The highest BCUT2D eigenvalue weighted by molar-refractivity contribution is 5.90. The van der Waals surface area contributed by atoms with Crippen LogP contribution < -0.4 is 5.32 Å². The van der Waals surface area contributed by atoms with Crippen LogP contribution in [-0.2, 0) is 6.54 Å². The maximum atomic E-state index is 11.9. The van der Waals surface area contributed by atoms with E-state index in [1.165, 1.54) is 0 Å². The van der Waals surface area contributed by atoms with Gasteiger partial charge in [-0.2, -0.15) is 0 Å². The van der Waals surface area contributed by atoms with Gasteiger partial charge in [-0.1, -0.05) is 19.0 Å². The Bertz CT molecular complexity index is 565. The van der Waals surface area contributed by atoms with Crippen molar-refractivity contribution in [2.45, 2.75) is 40.2 Å². The van der Waals surface area contributed by atoms with Crippen molar-refractivity contribution in [1.82, 2.24) is 25.7 Å². The number of carbonyl (C=O) groups excluding carboxylic acids is 1. The van der Waals surface area contributed by atoms with Gasteiger partial charge in [-0.05, 0) is 13.8 Å². The second kappa shape index (κ2) is 5.21. The fourth-order valence-electron chi connectivity index (χ4n) is 1.64. The third-order valence-corrected chi connectivity index (χ3v) is 2.86. The summed E-state index contributed by atoms with van der Waals surface area (Å²) in [4.78, 5) is 16.0. The van der Waals surface area contributed by atoms with Crippen LogP contribution >= 0.6 is 0 Å². The highest BCUT2D eigenvalue weighted by Gasteiger charge is 2.15. The molecule has 2 heterocycles. The SMILES string of the molecule is Cc1noc(C)c1CNC(=O)c1n[nH]c(C(C)C)n1. The standard InChI is InChI=1S/C12H17N5O2/c1-6(2)10-14-11(16-15-10)12(18)13-5-9-7(3)17-19-8(9)4/h6H,5H2,1-4H3,(H,13,18)(H,14,15,16). The number of amides is 1. The maximum absolute atomic E-state index is 11.9. The zero-order valence-corrected chi connectivity index (χ0v) is 11.4. The third kappa shape index (κ3) is 2.81. The molecule has 0 spiro atoms. The number of aromatic nitrogens is 4. The molecule has 0 saturated heterocycles. The molecule has 0 saturated carbocycles. The Hall–Kier alpha value is -2.18. The van der Waals surface area contributed by atoms with E-state index in [2.05, 4.69) is 25.7 Å². The van der Waals surface area contributed by atoms with Gasteiger partial charge in [0.15, 0.2) is 0 Å². The van der Waals surface area contributed by atoms with Crippen LogP contribution in [-0.4, -0.2) is 26.2 Å². The summed E-state index contributed by atoms with van der Waals surface area (Å²) in [5.41, 5.74) is 1.66. The summed E-state index contributed by atoms with van der Waals surface area (Å²) in [6, 6.07) is 0. The lowest BCUT2D eigenvalue weighted by molar-refractivity contribution is 0.0940. The molecule has 0 unspecified atom stereocenters. The molecule has 0 atom stereocenters. The molecule has 2 rings (SSSR count). The van der Waals surface area contributed by atoms with E-state index in [1.807, 2.05) is 27.7 Å². The summed E-state index contributed by atoms with van der Waals surface area (Å²) in [7, 11) is 0. The molecule has 7 nitrogen and oxygen atoms in total. The molecule has 7 heteroatoms. The monoisotopic (exact) mass is 263 g/mol. The largest absolute Gasteiger partial charge is 0.361 e. The summed E-state index contributed by atoms with van der Waals surface area (Å²) in [5.74, 6) is 1.44. The van der Waals surface area contributed by atoms with E-state index in [4.69, 9.17) is 4.52 Å². The van der Waals surface area contributed by atoms with E-state index in [9.17, 15) is 4.79 Å². The number of hydrogen-bond donors (Lipinski definition) is 2. The Morgan fingerprint density at radius 3 is 2.68 bits per heavy atom. The van der Waals surface area contributed by atoms with E-state index >= 15 is 0 Å². The molecular formula is C12H17N5O2. The Balaban J connectivity index is 2.01. The van der Waals surface area contributed by atoms with Crippen LogP contribution in [0.2, 0.25) is 0 Å². The van der Waals surface area contributed by atoms with Gasteiger partial charge in [0.2, 0.25) is 5.82 Å². The predicted molar refractivity (Wildman–Crippen MR) is 67.6 cm³/mol. The number of aromatic amines is 1. The topological polar surface area (TPSA) is 96.7 Å². The first-order valence-electron chi connectivity index (χ1n) is 6.11. The van der Waals surface area contributed by atoms with Gasteiger partial charge in [0, 0.05) is 18.0 Å². The Kier molecular flexibility index (Phi) is 3.64. The summed E-state index contributed by atoms with van der Waals surface area (Å²) >= 11 is 0. The highest BCUT2D eigenvalue weighted by Crippen LogP contribution is 2.12. The molecule has 0 fully saturated rings. The first-order chi connectivity index (χ1) is 8.99. The number of nitrogens with one attached hydrogen (secondary N) is 2. The molecule has 0 radical (unpaired) electrons. The molecule has 0 aromatic carbocycles. The molecule has 0 aliphatic carbocycles. The van der Waals surface area contributed by atoms with Crippen LogP contribution in [0.4, 0.5) is 0 Å². The number of H-pyrrole nitrogens is 1. The average Bonchev–Trinajstić information content (AvgIpc) is 2.95. The van der Waals surface area contributed by atoms with Crippen LogP contribution in [0.5, 0.6) is 0 Å². The van der Waals surface area contributed by atoms with E-state index < -0.39 is 0 Å². The lowest BCUT2D eigenvalue weighted by atomic mass is 10.2. The van der Waals surface area contributed by atoms with Crippen LogP contribution in [0.15, 0.2) is 4.52 Å². The fraction of sp³-hybridized carbons (Fsp3) is 0.500. The maximum Gasteiger partial charge on any atom is 0.291 e. The molecule has 0 aliphatic rings. The van der Waals surface area contributed by atoms with Crippen LogP contribution in [0.3, 0.4) is 0 Å². The van der Waals surface area contributed by atoms with Gasteiger partial charge in [0.25, 0.3) is 5.91 Å². The fourth-order valence-corrected chi connectivity index (χ4v) is 1.64. The summed E-state index contributed by atoms with van der Waals surface area (Å²) in [5, 5.41) is 13.2. The van der Waals surface area contributed by atoms with E-state index in [1.54, 1.807) is 0 Å². The van der Waals surface area contributed by atoms with Crippen LogP contribution in [0.25, 0.3) is 0 Å². The lowest BCUT2D eigenvalue weighted by Gasteiger charge is -2.01. The average molecular weight is 263 g/mol. The molecular weight excluding hydrogens is 246 g/mol. The van der Waals surface area contributed by atoms with Crippen molar-refractivity contribution >= 4 is 5.91 Å². The molecule has 2 aromatic heterocycles. The molecule has 2 aromatic rings. The zero-order chi connectivity index (χ0) is 14.0. The number of nitrogens with zero attached hydrogens (tertiary/aromatic N) is 3. The van der Waals surface area contributed by atoms with Gasteiger partial charge in [-0.3, -0.25) is 9.89 Å². The second-order valence-electron chi connectivity index (χ2n) is 4.68. The van der Waals surface area contributed by atoms with Crippen molar-refractivity contribution in [3.63, 3.8) is 0 Å². The minimum atomic E-state index is -0.317.